The molecule has 1 unspecified atom stereocenters. The number of benzene rings is 2. The second-order valence-electron chi connectivity index (χ2n) is 6.26. The van der Waals surface area contributed by atoms with Crippen molar-refractivity contribution in [3.8, 4) is 11.4 Å². The zero-order valence-corrected chi connectivity index (χ0v) is 15.1. The lowest BCUT2D eigenvalue weighted by Gasteiger charge is -2.13. The highest BCUT2D eigenvalue weighted by molar-refractivity contribution is 5.54. The zero-order valence-electron chi connectivity index (χ0n) is 15.1. The largest absolute Gasteiger partial charge is 0.338 e. The van der Waals surface area contributed by atoms with Gasteiger partial charge in [0.25, 0.3) is 0 Å². The van der Waals surface area contributed by atoms with Gasteiger partial charge in [0.05, 0.1) is 6.54 Å². The summed E-state index contributed by atoms with van der Waals surface area (Å²) in [6.45, 7) is 7.00. The summed E-state index contributed by atoms with van der Waals surface area (Å²) < 4.78 is 5.37. The fourth-order valence-corrected chi connectivity index (χ4v) is 2.73. The molecular weight excluding hydrogens is 310 g/mol. The van der Waals surface area contributed by atoms with Crippen LogP contribution in [-0.2, 0) is 19.4 Å². The third kappa shape index (κ3) is 4.34. The molecule has 25 heavy (non-hydrogen) atoms. The third-order valence-corrected chi connectivity index (χ3v) is 4.54. The summed E-state index contributed by atoms with van der Waals surface area (Å²) in [5.74, 6) is 1.24. The molecule has 0 aliphatic rings. The third-order valence-electron chi connectivity index (χ3n) is 4.54. The summed E-state index contributed by atoms with van der Waals surface area (Å²) in [6.07, 6.45) is 2.09. The Morgan fingerprint density at radius 2 is 1.52 bits per heavy atom. The van der Waals surface area contributed by atoms with Gasteiger partial charge in [0.15, 0.2) is 0 Å². The molecule has 4 heteroatoms. The highest BCUT2D eigenvalue weighted by Crippen LogP contribution is 2.18. The van der Waals surface area contributed by atoms with Crippen molar-refractivity contribution in [2.75, 3.05) is 0 Å². The minimum Gasteiger partial charge on any atom is -0.338 e. The van der Waals surface area contributed by atoms with Gasteiger partial charge in [-0.05, 0) is 36.5 Å². The first-order chi connectivity index (χ1) is 12.2. The summed E-state index contributed by atoms with van der Waals surface area (Å²) >= 11 is 0. The fourth-order valence-electron chi connectivity index (χ4n) is 2.73. The van der Waals surface area contributed by atoms with Crippen LogP contribution in [0.3, 0.4) is 0 Å². The molecule has 0 saturated carbocycles. The van der Waals surface area contributed by atoms with Crippen molar-refractivity contribution in [2.24, 2.45) is 0 Å². The molecule has 0 saturated heterocycles. The molecule has 3 aromatic rings. The van der Waals surface area contributed by atoms with Crippen LogP contribution in [0.25, 0.3) is 11.4 Å². The number of hydrogen-bond donors (Lipinski definition) is 1. The van der Waals surface area contributed by atoms with E-state index in [4.69, 9.17) is 4.52 Å². The van der Waals surface area contributed by atoms with E-state index in [-0.39, 0.29) is 6.04 Å². The Morgan fingerprint density at radius 3 is 2.12 bits per heavy atom. The number of rotatable bonds is 7. The molecule has 0 spiro atoms. The van der Waals surface area contributed by atoms with Crippen LogP contribution in [0.4, 0.5) is 0 Å². The van der Waals surface area contributed by atoms with E-state index >= 15 is 0 Å². The van der Waals surface area contributed by atoms with Crippen LogP contribution in [0.5, 0.6) is 0 Å². The molecule has 0 bridgehead atoms. The van der Waals surface area contributed by atoms with E-state index in [1.807, 2.05) is 12.1 Å². The molecule has 4 nitrogen and oxygen atoms in total. The van der Waals surface area contributed by atoms with Gasteiger partial charge >= 0.3 is 0 Å². The Bertz CT molecular complexity index is 791. The number of aryl methyl sites for hydroxylation is 2. The van der Waals surface area contributed by atoms with Crippen LogP contribution < -0.4 is 5.32 Å². The predicted molar refractivity (Wildman–Crippen MR) is 100 cm³/mol. The highest BCUT2D eigenvalue weighted by Gasteiger charge is 2.11. The van der Waals surface area contributed by atoms with E-state index in [0.29, 0.717) is 18.3 Å². The van der Waals surface area contributed by atoms with Gasteiger partial charge in [-0.15, -0.1) is 0 Å². The molecule has 2 aromatic carbocycles. The second kappa shape index (κ2) is 8.08. The topological polar surface area (TPSA) is 51.0 Å². The van der Waals surface area contributed by atoms with Gasteiger partial charge in [-0.2, -0.15) is 4.98 Å². The van der Waals surface area contributed by atoms with E-state index in [1.165, 1.54) is 16.7 Å². The lowest BCUT2D eigenvalue weighted by Crippen LogP contribution is -2.18. The van der Waals surface area contributed by atoms with E-state index in [9.17, 15) is 0 Å². The Labute approximate surface area is 149 Å². The monoisotopic (exact) mass is 335 g/mol. The summed E-state index contributed by atoms with van der Waals surface area (Å²) in [5, 5.41) is 7.53. The Kier molecular flexibility index (Phi) is 5.61. The molecule has 0 radical (unpaired) electrons. The van der Waals surface area contributed by atoms with Gasteiger partial charge in [-0.3, -0.25) is 0 Å². The molecule has 1 aromatic heterocycles. The molecular formula is C21H25N3O. The number of nitrogens with one attached hydrogen (secondary N) is 1. The van der Waals surface area contributed by atoms with Gasteiger partial charge < -0.3 is 9.84 Å². The predicted octanol–water partition coefficient (Wildman–Crippen LogP) is 4.71. The van der Waals surface area contributed by atoms with Crippen LogP contribution in [0.2, 0.25) is 0 Å². The Morgan fingerprint density at radius 1 is 0.920 bits per heavy atom. The number of aromatic nitrogens is 2. The summed E-state index contributed by atoms with van der Waals surface area (Å²) in [7, 11) is 0. The molecule has 130 valence electrons. The molecule has 0 aliphatic heterocycles. The van der Waals surface area contributed by atoms with Crippen molar-refractivity contribution >= 4 is 0 Å². The summed E-state index contributed by atoms with van der Waals surface area (Å²) in [5.41, 5.74) is 4.89. The minimum atomic E-state index is 0.227. The fraction of sp³-hybridized carbons (Fsp3) is 0.333. The quantitative estimate of drug-likeness (QED) is 0.679. The number of nitrogens with zero attached hydrogens (tertiary/aromatic N) is 2. The van der Waals surface area contributed by atoms with Gasteiger partial charge in [0, 0.05) is 11.6 Å². The Hall–Kier alpha value is -2.46. The normalized spacial score (nSPS) is 12.3. The van der Waals surface area contributed by atoms with Gasteiger partial charge in [-0.25, -0.2) is 0 Å². The van der Waals surface area contributed by atoms with E-state index in [2.05, 4.69) is 72.6 Å². The van der Waals surface area contributed by atoms with Crippen LogP contribution >= 0.6 is 0 Å². The molecule has 1 N–H and O–H groups in total. The van der Waals surface area contributed by atoms with Crippen LogP contribution in [0.15, 0.2) is 53.1 Å². The smallest absolute Gasteiger partial charge is 0.240 e. The van der Waals surface area contributed by atoms with Crippen LogP contribution in [0.1, 0.15) is 49.4 Å². The maximum Gasteiger partial charge on any atom is 0.240 e. The molecule has 1 heterocycles. The molecule has 0 aliphatic carbocycles. The van der Waals surface area contributed by atoms with Crippen molar-refractivity contribution in [3.63, 3.8) is 0 Å². The molecule has 0 amide bonds. The van der Waals surface area contributed by atoms with Crippen LogP contribution in [-0.4, -0.2) is 10.1 Å². The maximum atomic E-state index is 5.37. The summed E-state index contributed by atoms with van der Waals surface area (Å²) in [4.78, 5) is 4.49. The number of hydrogen-bond acceptors (Lipinski definition) is 4. The standard InChI is InChI=1S/C21H25N3O/c1-4-16-6-10-18(11-7-16)15(3)22-14-20-23-21(24-25-20)19-12-8-17(5-2)9-13-19/h6-13,15,22H,4-5,14H2,1-3H3. The van der Waals surface area contributed by atoms with E-state index in [1.54, 1.807) is 0 Å². The van der Waals surface area contributed by atoms with E-state index in [0.717, 1.165) is 18.4 Å². The Balaban J connectivity index is 1.60. The average Bonchev–Trinajstić information content (AvgIpc) is 3.15. The molecule has 0 fully saturated rings. The lowest BCUT2D eigenvalue weighted by molar-refractivity contribution is 0.360. The van der Waals surface area contributed by atoms with Crippen molar-refractivity contribution < 1.29 is 4.52 Å². The maximum absolute atomic E-state index is 5.37. The molecule has 3 rings (SSSR count). The first-order valence-corrected chi connectivity index (χ1v) is 8.93. The summed E-state index contributed by atoms with van der Waals surface area (Å²) in [6, 6.07) is 17.2. The zero-order chi connectivity index (χ0) is 17.6. The SMILES string of the molecule is CCc1ccc(-c2noc(CNC(C)c3ccc(CC)cc3)n2)cc1. The second-order valence-corrected chi connectivity index (χ2v) is 6.26. The van der Waals surface area contributed by atoms with Crippen LogP contribution in [0, 0.1) is 0 Å². The highest BCUT2D eigenvalue weighted by atomic mass is 16.5. The van der Waals surface area contributed by atoms with Gasteiger partial charge in [0.2, 0.25) is 11.7 Å². The van der Waals surface area contributed by atoms with Gasteiger partial charge in [0.1, 0.15) is 0 Å². The lowest BCUT2D eigenvalue weighted by atomic mass is 10.1. The van der Waals surface area contributed by atoms with Crippen molar-refractivity contribution in [2.45, 2.75) is 46.2 Å². The first-order valence-electron chi connectivity index (χ1n) is 8.93. The van der Waals surface area contributed by atoms with Crippen molar-refractivity contribution in [1.82, 2.24) is 15.5 Å². The first kappa shape index (κ1) is 17.4. The minimum absolute atomic E-state index is 0.227. The average molecular weight is 335 g/mol. The van der Waals surface area contributed by atoms with E-state index < -0.39 is 0 Å². The van der Waals surface area contributed by atoms with Gasteiger partial charge in [-0.1, -0.05) is 67.5 Å². The van der Waals surface area contributed by atoms with Crippen molar-refractivity contribution in [1.29, 1.82) is 0 Å². The molecule has 1 atom stereocenters. The van der Waals surface area contributed by atoms with Crippen molar-refractivity contribution in [3.05, 3.63) is 71.1 Å².